The third-order valence-corrected chi connectivity index (χ3v) is 6.23. The number of fused-ring (bicyclic) bond motifs is 1. The highest BCUT2D eigenvalue weighted by Crippen LogP contribution is 2.36. The maximum Gasteiger partial charge on any atom is 0.294 e. The van der Waals surface area contributed by atoms with Crippen LogP contribution in [0.15, 0.2) is 77.0 Å². The first-order valence-corrected chi connectivity index (χ1v) is 11.8. The van der Waals surface area contributed by atoms with Crippen LogP contribution in [-0.4, -0.2) is 39.1 Å². The SMILES string of the molecule is COc1ccc(CCNC(=O)CN2C(=O)/C(=C\c3ccccc3Br)Oc3ccccc32)cc1OC. The van der Waals surface area contributed by atoms with Crippen molar-refractivity contribution >= 4 is 39.5 Å². The molecule has 3 aromatic rings. The van der Waals surface area contributed by atoms with E-state index in [4.69, 9.17) is 14.2 Å². The number of rotatable bonds is 8. The van der Waals surface area contributed by atoms with E-state index in [1.807, 2.05) is 48.5 Å². The third kappa shape index (κ3) is 5.66. The van der Waals surface area contributed by atoms with Gasteiger partial charge in [0.2, 0.25) is 5.91 Å². The molecule has 2 amide bonds. The molecule has 8 heteroatoms. The van der Waals surface area contributed by atoms with Crippen LogP contribution in [-0.2, 0) is 16.0 Å². The lowest BCUT2D eigenvalue weighted by atomic mass is 10.1. The number of ether oxygens (including phenoxy) is 3. The number of hydrogen-bond donors (Lipinski definition) is 1. The normalized spacial score (nSPS) is 13.7. The van der Waals surface area contributed by atoms with Crippen molar-refractivity contribution in [3.63, 3.8) is 0 Å². The Morgan fingerprint density at radius 1 is 1.03 bits per heavy atom. The Labute approximate surface area is 212 Å². The second kappa shape index (κ2) is 11.1. The van der Waals surface area contributed by atoms with Gasteiger partial charge in [0, 0.05) is 11.0 Å². The fourth-order valence-corrected chi connectivity index (χ4v) is 4.13. The summed E-state index contributed by atoms with van der Waals surface area (Å²) in [5, 5.41) is 2.90. The van der Waals surface area contributed by atoms with E-state index in [0.717, 1.165) is 15.6 Å². The molecule has 7 nitrogen and oxygen atoms in total. The van der Waals surface area contributed by atoms with E-state index in [1.165, 1.54) is 4.90 Å². The van der Waals surface area contributed by atoms with Gasteiger partial charge in [-0.15, -0.1) is 0 Å². The predicted molar refractivity (Wildman–Crippen MR) is 138 cm³/mol. The monoisotopic (exact) mass is 536 g/mol. The van der Waals surface area contributed by atoms with Crippen molar-refractivity contribution in [3.05, 3.63) is 88.1 Å². The van der Waals surface area contributed by atoms with E-state index in [9.17, 15) is 9.59 Å². The highest BCUT2D eigenvalue weighted by molar-refractivity contribution is 9.10. The second-order valence-corrected chi connectivity index (χ2v) is 8.63. The molecule has 0 fully saturated rings. The van der Waals surface area contributed by atoms with Crippen LogP contribution in [0, 0.1) is 0 Å². The maximum atomic E-state index is 13.3. The minimum Gasteiger partial charge on any atom is -0.493 e. The quantitative estimate of drug-likeness (QED) is 0.426. The highest BCUT2D eigenvalue weighted by atomic mass is 79.9. The molecule has 0 unspecified atom stereocenters. The zero-order valence-electron chi connectivity index (χ0n) is 19.4. The van der Waals surface area contributed by atoms with Gasteiger partial charge in [-0.2, -0.15) is 0 Å². The molecule has 0 radical (unpaired) electrons. The van der Waals surface area contributed by atoms with Crippen LogP contribution in [0.4, 0.5) is 5.69 Å². The molecule has 180 valence electrons. The summed E-state index contributed by atoms with van der Waals surface area (Å²) in [6, 6.07) is 20.3. The Hall–Kier alpha value is -3.78. The summed E-state index contributed by atoms with van der Waals surface area (Å²) in [4.78, 5) is 27.5. The summed E-state index contributed by atoms with van der Waals surface area (Å²) < 4.78 is 17.3. The van der Waals surface area contributed by atoms with Gasteiger partial charge in [0.25, 0.3) is 5.91 Å². The van der Waals surface area contributed by atoms with Crippen LogP contribution in [0.5, 0.6) is 17.2 Å². The highest BCUT2D eigenvalue weighted by Gasteiger charge is 2.31. The summed E-state index contributed by atoms with van der Waals surface area (Å²) in [6.45, 7) is 0.284. The molecule has 35 heavy (non-hydrogen) atoms. The minimum atomic E-state index is -0.380. The maximum absolute atomic E-state index is 13.3. The van der Waals surface area contributed by atoms with Crippen molar-refractivity contribution in [2.24, 2.45) is 0 Å². The molecule has 4 rings (SSSR count). The van der Waals surface area contributed by atoms with Crippen molar-refractivity contribution in [2.45, 2.75) is 6.42 Å². The summed E-state index contributed by atoms with van der Waals surface area (Å²) in [7, 11) is 3.17. The molecule has 0 saturated carbocycles. The van der Waals surface area contributed by atoms with Crippen LogP contribution in [0.2, 0.25) is 0 Å². The largest absolute Gasteiger partial charge is 0.493 e. The summed E-state index contributed by atoms with van der Waals surface area (Å²) in [5.41, 5.74) is 2.35. The van der Waals surface area contributed by atoms with Gasteiger partial charge in [0.15, 0.2) is 23.0 Å². The molecule has 3 aromatic carbocycles. The lowest BCUT2D eigenvalue weighted by Crippen LogP contribution is -2.44. The topological polar surface area (TPSA) is 77.1 Å². The second-order valence-electron chi connectivity index (χ2n) is 7.78. The van der Waals surface area contributed by atoms with Gasteiger partial charge in [-0.1, -0.05) is 52.3 Å². The average Bonchev–Trinajstić information content (AvgIpc) is 2.87. The lowest BCUT2D eigenvalue weighted by Gasteiger charge is -2.30. The number of methoxy groups -OCH3 is 2. The summed E-state index contributed by atoms with van der Waals surface area (Å²) in [6.07, 6.45) is 2.28. The molecule has 0 spiro atoms. The zero-order chi connectivity index (χ0) is 24.8. The van der Waals surface area contributed by atoms with Crippen molar-refractivity contribution in [1.82, 2.24) is 5.32 Å². The predicted octanol–water partition coefficient (Wildman–Crippen LogP) is 4.59. The number of carbonyl (C=O) groups is 2. The number of halogens is 1. The molecule has 0 aliphatic carbocycles. The van der Waals surface area contributed by atoms with Crippen LogP contribution < -0.4 is 24.4 Å². The number of nitrogens with zero attached hydrogens (tertiary/aromatic N) is 1. The third-order valence-electron chi connectivity index (χ3n) is 5.51. The molecule has 0 bridgehead atoms. The fraction of sp³-hybridized carbons (Fsp3) is 0.185. The van der Waals surface area contributed by atoms with E-state index in [0.29, 0.717) is 35.9 Å². The Balaban J connectivity index is 1.46. The Bertz CT molecular complexity index is 1270. The molecule has 1 aliphatic rings. The number of amides is 2. The first-order chi connectivity index (χ1) is 17.0. The van der Waals surface area contributed by atoms with Crippen molar-refractivity contribution in [3.8, 4) is 17.2 Å². The standard InChI is InChI=1S/C27H25BrN2O5/c1-33-23-12-11-18(15-24(23)34-2)13-14-29-26(31)17-30-21-9-5-6-10-22(21)35-25(27(30)32)16-19-7-3-4-8-20(19)28/h3-12,15-16H,13-14,17H2,1-2H3,(H,29,31)/b25-16+. The summed E-state index contributed by atoms with van der Waals surface area (Å²) in [5.74, 6) is 1.30. The number of para-hydroxylation sites is 2. The number of hydrogen-bond acceptors (Lipinski definition) is 5. The van der Waals surface area contributed by atoms with Gasteiger partial charge < -0.3 is 19.5 Å². The van der Waals surface area contributed by atoms with Crippen LogP contribution >= 0.6 is 15.9 Å². The number of nitrogens with one attached hydrogen (secondary N) is 1. The fourth-order valence-electron chi connectivity index (χ4n) is 3.73. The molecule has 0 atom stereocenters. The van der Waals surface area contributed by atoms with Gasteiger partial charge in [-0.05, 0) is 54.0 Å². The molecular weight excluding hydrogens is 512 g/mol. The van der Waals surface area contributed by atoms with Gasteiger partial charge in [-0.3, -0.25) is 14.5 Å². The van der Waals surface area contributed by atoms with Gasteiger partial charge in [-0.25, -0.2) is 0 Å². The minimum absolute atomic E-state index is 0.127. The van der Waals surface area contributed by atoms with Crippen LogP contribution in [0.1, 0.15) is 11.1 Å². The van der Waals surface area contributed by atoms with Crippen molar-refractivity contribution in [1.29, 1.82) is 0 Å². The number of carbonyl (C=O) groups excluding carboxylic acids is 2. The van der Waals surface area contributed by atoms with E-state index in [-0.39, 0.29) is 24.1 Å². The first-order valence-electron chi connectivity index (χ1n) is 11.0. The van der Waals surface area contributed by atoms with E-state index in [1.54, 1.807) is 38.5 Å². The molecular formula is C27H25BrN2O5. The van der Waals surface area contributed by atoms with E-state index >= 15 is 0 Å². The van der Waals surface area contributed by atoms with Gasteiger partial charge in [0.05, 0.1) is 19.9 Å². The Morgan fingerprint density at radius 2 is 1.77 bits per heavy atom. The van der Waals surface area contributed by atoms with E-state index < -0.39 is 0 Å². The van der Waals surface area contributed by atoms with Crippen molar-refractivity contribution in [2.75, 3.05) is 32.2 Å². The first kappa shape index (κ1) is 24.3. The average molecular weight is 537 g/mol. The zero-order valence-corrected chi connectivity index (χ0v) is 21.0. The van der Waals surface area contributed by atoms with Crippen molar-refractivity contribution < 1.29 is 23.8 Å². The summed E-state index contributed by atoms with van der Waals surface area (Å²) >= 11 is 3.49. The number of benzene rings is 3. The van der Waals surface area contributed by atoms with Crippen LogP contribution in [0.3, 0.4) is 0 Å². The number of anilines is 1. The van der Waals surface area contributed by atoms with Gasteiger partial charge in [0.1, 0.15) is 6.54 Å². The molecule has 0 aromatic heterocycles. The molecule has 0 saturated heterocycles. The van der Waals surface area contributed by atoms with E-state index in [2.05, 4.69) is 21.2 Å². The molecule has 1 aliphatic heterocycles. The van der Waals surface area contributed by atoms with Gasteiger partial charge >= 0.3 is 0 Å². The molecule has 1 N–H and O–H groups in total. The Kier molecular flexibility index (Phi) is 7.72. The Morgan fingerprint density at radius 3 is 2.54 bits per heavy atom. The lowest BCUT2D eigenvalue weighted by molar-refractivity contribution is -0.123. The smallest absolute Gasteiger partial charge is 0.294 e. The van der Waals surface area contributed by atoms with Crippen LogP contribution in [0.25, 0.3) is 6.08 Å². The molecule has 1 heterocycles.